The number of imide groups is 1. The molecule has 2 rings (SSSR count). The maximum Gasteiger partial charge on any atom is 0.251 e. The smallest absolute Gasteiger partial charge is 0.251 e. The summed E-state index contributed by atoms with van der Waals surface area (Å²) in [7, 11) is 0. The second-order valence-corrected chi connectivity index (χ2v) is 6.01. The SMILES string of the molecule is CCNCc1cnc(N2CC(=O)NC(=O)C2(C)C)s1. The lowest BCUT2D eigenvalue weighted by Crippen LogP contribution is -2.64. The van der Waals surface area contributed by atoms with Crippen molar-refractivity contribution in [2.24, 2.45) is 0 Å². The summed E-state index contributed by atoms with van der Waals surface area (Å²) in [5.41, 5.74) is -0.763. The Kier molecular flexibility index (Phi) is 3.86. The molecule has 0 spiro atoms. The molecule has 0 atom stereocenters. The Morgan fingerprint density at radius 2 is 2.26 bits per heavy atom. The summed E-state index contributed by atoms with van der Waals surface area (Å²) in [6.45, 7) is 7.43. The molecule has 0 aromatic carbocycles. The molecule has 104 valence electrons. The summed E-state index contributed by atoms with van der Waals surface area (Å²) in [5, 5.41) is 6.29. The molecule has 1 saturated heterocycles. The van der Waals surface area contributed by atoms with Crippen molar-refractivity contribution in [2.75, 3.05) is 18.0 Å². The van der Waals surface area contributed by atoms with Gasteiger partial charge in [-0.15, -0.1) is 11.3 Å². The quantitative estimate of drug-likeness (QED) is 0.786. The molecule has 0 bridgehead atoms. The van der Waals surface area contributed by atoms with Crippen molar-refractivity contribution in [3.8, 4) is 0 Å². The molecule has 1 aromatic heterocycles. The van der Waals surface area contributed by atoms with Crippen LogP contribution in [0.15, 0.2) is 6.20 Å². The highest BCUT2D eigenvalue weighted by Crippen LogP contribution is 2.30. The number of hydrogen-bond donors (Lipinski definition) is 2. The first-order valence-electron chi connectivity index (χ1n) is 6.22. The third-order valence-electron chi connectivity index (χ3n) is 3.11. The zero-order chi connectivity index (χ0) is 14.0. The van der Waals surface area contributed by atoms with E-state index in [1.54, 1.807) is 24.9 Å². The van der Waals surface area contributed by atoms with E-state index in [1.165, 1.54) is 11.3 Å². The van der Waals surface area contributed by atoms with E-state index in [-0.39, 0.29) is 18.4 Å². The van der Waals surface area contributed by atoms with Gasteiger partial charge < -0.3 is 10.2 Å². The Morgan fingerprint density at radius 3 is 2.95 bits per heavy atom. The van der Waals surface area contributed by atoms with Crippen molar-refractivity contribution < 1.29 is 9.59 Å². The van der Waals surface area contributed by atoms with E-state index in [9.17, 15) is 9.59 Å². The predicted octanol–water partition coefficient (Wildman–Crippen LogP) is 0.494. The normalized spacial score (nSPS) is 18.6. The van der Waals surface area contributed by atoms with Crippen LogP contribution in [0.3, 0.4) is 0 Å². The summed E-state index contributed by atoms with van der Waals surface area (Å²) >= 11 is 1.51. The van der Waals surface area contributed by atoms with Crippen molar-refractivity contribution in [3.63, 3.8) is 0 Å². The highest BCUT2D eigenvalue weighted by molar-refractivity contribution is 7.15. The summed E-state index contributed by atoms with van der Waals surface area (Å²) in [5.74, 6) is -0.569. The van der Waals surface area contributed by atoms with Gasteiger partial charge in [-0.1, -0.05) is 6.92 Å². The van der Waals surface area contributed by atoms with Crippen LogP contribution in [0.5, 0.6) is 0 Å². The second kappa shape index (κ2) is 5.26. The van der Waals surface area contributed by atoms with Gasteiger partial charge in [0, 0.05) is 17.6 Å². The molecule has 1 fully saturated rings. The first kappa shape index (κ1) is 14.0. The molecular formula is C12H18N4O2S. The summed E-state index contributed by atoms with van der Waals surface area (Å²) in [6, 6.07) is 0. The van der Waals surface area contributed by atoms with Crippen LogP contribution < -0.4 is 15.5 Å². The zero-order valence-corrected chi connectivity index (χ0v) is 12.1. The van der Waals surface area contributed by atoms with E-state index in [1.807, 2.05) is 6.92 Å². The molecule has 1 aliphatic rings. The first-order chi connectivity index (χ1) is 8.95. The van der Waals surface area contributed by atoms with Gasteiger partial charge in [0.1, 0.15) is 12.1 Å². The number of anilines is 1. The topological polar surface area (TPSA) is 74.3 Å². The lowest BCUT2D eigenvalue weighted by Gasteiger charge is -2.39. The largest absolute Gasteiger partial charge is 0.325 e. The molecule has 0 unspecified atom stereocenters. The Hall–Kier alpha value is -1.47. The molecule has 0 radical (unpaired) electrons. The van der Waals surface area contributed by atoms with Gasteiger partial charge in [-0.25, -0.2) is 4.98 Å². The number of carbonyl (C=O) groups excluding carboxylic acids is 2. The Labute approximate surface area is 116 Å². The Balaban J connectivity index is 2.21. The van der Waals surface area contributed by atoms with Gasteiger partial charge in [0.25, 0.3) is 5.91 Å². The lowest BCUT2D eigenvalue weighted by molar-refractivity contribution is -0.135. The number of amides is 2. The molecule has 19 heavy (non-hydrogen) atoms. The molecule has 2 N–H and O–H groups in total. The summed E-state index contributed by atoms with van der Waals surface area (Å²) in [4.78, 5) is 30.6. The van der Waals surface area contributed by atoms with Crippen molar-refractivity contribution in [1.82, 2.24) is 15.6 Å². The van der Waals surface area contributed by atoms with Gasteiger partial charge >= 0.3 is 0 Å². The maximum absolute atomic E-state index is 11.9. The average Bonchev–Trinajstić information content (AvgIpc) is 2.80. The van der Waals surface area contributed by atoms with Gasteiger partial charge in [0.15, 0.2) is 5.13 Å². The molecule has 0 aliphatic carbocycles. The molecule has 0 saturated carbocycles. The second-order valence-electron chi connectivity index (χ2n) is 4.91. The molecule has 1 aromatic rings. The number of thiazole rings is 1. The van der Waals surface area contributed by atoms with Crippen LogP contribution in [0.1, 0.15) is 25.6 Å². The minimum absolute atomic E-state index is 0.160. The summed E-state index contributed by atoms with van der Waals surface area (Å²) in [6.07, 6.45) is 1.79. The standard InChI is InChI=1S/C12H18N4O2S/c1-4-13-5-8-6-14-11(19-8)16-7-9(17)15-10(18)12(16,2)3/h6,13H,4-5,7H2,1-3H3,(H,15,17,18). The van der Waals surface area contributed by atoms with Gasteiger partial charge in [-0.05, 0) is 20.4 Å². The highest BCUT2D eigenvalue weighted by Gasteiger charge is 2.42. The van der Waals surface area contributed by atoms with Crippen LogP contribution in [0, 0.1) is 0 Å². The van der Waals surface area contributed by atoms with E-state index in [0.717, 1.165) is 18.0 Å². The van der Waals surface area contributed by atoms with E-state index >= 15 is 0 Å². The van der Waals surface area contributed by atoms with E-state index in [0.29, 0.717) is 5.13 Å². The van der Waals surface area contributed by atoms with E-state index < -0.39 is 5.54 Å². The summed E-state index contributed by atoms with van der Waals surface area (Å²) < 4.78 is 0. The molecule has 2 heterocycles. The van der Waals surface area contributed by atoms with Gasteiger partial charge in [0.05, 0.1) is 0 Å². The molecule has 6 nitrogen and oxygen atoms in total. The third-order valence-corrected chi connectivity index (χ3v) is 4.13. The van der Waals surface area contributed by atoms with Crippen LogP contribution in [-0.4, -0.2) is 35.4 Å². The fraction of sp³-hybridized carbons (Fsp3) is 0.583. The lowest BCUT2D eigenvalue weighted by atomic mass is 10.00. The fourth-order valence-corrected chi connectivity index (χ4v) is 2.86. The van der Waals surface area contributed by atoms with Gasteiger partial charge in [-0.3, -0.25) is 14.9 Å². The number of aromatic nitrogens is 1. The van der Waals surface area contributed by atoms with Gasteiger partial charge in [-0.2, -0.15) is 0 Å². The number of carbonyl (C=O) groups is 2. The third kappa shape index (κ3) is 2.76. The minimum atomic E-state index is -0.763. The minimum Gasteiger partial charge on any atom is -0.325 e. The number of rotatable bonds is 4. The molecule has 7 heteroatoms. The number of nitrogens with one attached hydrogen (secondary N) is 2. The average molecular weight is 282 g/mol. The Bertz CT molecular complexity index is 498. The zero-order valence-electron chi connectivity index (χ0n) is 11.3. The van der Waals surface area contributed by atoms with E-state index in [2.05, 4.69) is 15.6 Å². The van der Waals surface area contributed by atoms with Crippen molar-refractivity contribution in [2.45, 2.75) is 32.9 Å². The van der Waals surface area contributed by atoms with Crippen LogP contribution >= 0.6 is 11.3 Å². The van der Waals surface area contributed by atoms with Crippen molar-refractivity contribution in [3.05, 3.63) is 11.1 Å². The number of nitrogens with zero attached hydrogens (tertiary/aromatic N) is 2. The number of hydrogen-bond acceptors (Lipinski definition) is 6. The van der Waals surface area contributed by atoms with Crippen LogP contribution in [0.2, 0.25) is 0 Å². The highest BCUT2D eigenvalue weighted by atomic mass is 32.1. The van der Waals surface area contributed by atoms with Crippen molar-refractivity contribution in [1.29, 1.82) is 0 Å². The molecular weight excluding hydrogens is 264 g/mol. The maximum atomic E-state index is 11.9. The van der Waals surface area contributed by atoms with Crippen LogP contribution in [-0.2, 0) is 16.1 Å². The van der Waals surface area contributed by atoms with Crippen molar-refractivity contribution >= 4 is 28.3 Å². The molecule has 2 amide bonds. The van der Waals surface area contributed by atoms with Crippen LogP contribution in [0.4, 0.5) is 5.13 Å². The van der Waals surface area contributed by atoms with E-state index in [4.69, 9.17) is 0 Å². The fourth-order valence-electron chi connectivity index (χ4n) is 1.84. The van der Waals surface area contributed by atoms with Gasteiger partial charge in [0.2, 0.25) is 5.91 Å². The Morgan fingerprint density at radius 1 is 1.53 bits per heavy atom. The van der Waals surface area contributed by atoms with Crippen LogP contribution in [0.25, 0.3) is 0 Å². The number of piperazine rings is 1. The molecule has 1 aliphatic heterocycles. The monoisotopic (exact) mass is 282 g/mol. The first-order valence-corrected chi connectivity index (χ1v) is 7.04. The predicted molar refractivity (Wildman–Crippen MR) is 74.1 cm³/mol.